The molecular formula is C14H19FN2O2S. The third kappa shape index (κ3) is 2.86. The van der Waals surface area contributed by atoms with Gasteiger partial charge in [-0.05, 0) is 24.5 Å². The maximum absolute atomic E-state index is 13.9. The SMILES string of the molecule is CCCC(C)Cn1cc(S(N)(=O)=O)c2c(F)cccc21. The predicted octanol–water partition coefficient (Wildman–Crippen LogP) is 2.86. The minimum absolute atomic E-state index is 0.0821. The lowest BCUT2D eigenvalue weighted by atomic mass is 10.1. The van der Waals surface area contributed by atoms with E-state index in [1.165, 1.54) is 12.3 Å². The van der Waals surface area contributed by atoms with E-state index in [2.05, 4.69) is 13.8 Å². The third-order valence-electron chi connectivity index (χ3n) is 3.42. The summed E-state index contributed by atoms with van der Waals surface area (Å²) in [5.74, 6) is -0.180. The van der Waals surface area contributed by atoms with E-state index in [1.807, 2.05) is 0 Å². The number of halogens is 1. The van der Waals surface area contributed by atoms with Crippen molar-refractivity contribution in [3.05, 3.63) is 30.2 Å². The molecule has 0 aliphatic carbocycles. The Balaban J connectivity index is 2.60. The van der Waals surface area contributed by atoms with Crippen molar-refractivity contribution in [3.63, 3.8) is 0 Å². The highest BCUT2D eigenvalue weighted by Gasteiger charge is 2.20. The Bertz CT molecular complexity index is 722. The maximum atomic E-state index is 13.9. The summed E-state index contributed by atoms with van der Waals surface area (Å²) in [6, 6.07) is 4.54. The van der Waals surface area contributed by atoms with Gasteiger partial charge in [0.25, 0.3) is 0 Å². The number of rotatable bonds is 5. The van der Waals surface area contributed by atoms with Gasteiger partial charge in [-0.25, -0.2) is 17.9 Å². The minimum Gasteiger partial charge on any atom is -0.346 e. The van der Waals surface area contributed by atoms with Gasteiger partial charge >= 0.3 is 0 Å². The smallest absolute Gasteiger partial charge is 0.240 e. The van der Waals surface area contributed by atoms with E-state index >= 15 is 0 Å². The van der Waals surface area contributed by atoms with Gasteiger partial charge in [0, 0.05) is 12.7 Å². The Morgan fingerprint density at radius 1 is 1.40 bits per heavy atom. The normalized spacial score (nSPS) is 13.8. The summed E-state index contributed by atoms with van der Waals surface area (Å²) in [5.41, 5.74) is 0.567. The molecule has 4 nitrogen and oxygen atoms in total. The first kappa shape index (κ1) is 15.0. The zero-order chi connectivity index (χ0) is 14.9. The molecule has 0 radical (unpaired) electrons. The molecule has 0 spiro atoms. The van der Waals surface area contributed by atoms with Gasteiger partial charge in [-0.1, -0.05) is 26.3 Å². The molecule has 0 amide bonds. The van der Waals surface area contributed by atoms with Gasteiger partial charge in [-0.3, -0.25) is 0 Å². The second-order valence-electron chi connectivity index (χ2n) is 5.22. The summed E-state index contributed by atoms with van der Waals surface area (Å²) in [7, 11) is -3.94. The van der Waals surface area contributed by atoms with Crippen molar-refractivity contribution in [1.29, 1.82) is 0 Å². The van der Waals surface area contributed by atoms with Crippen LogP contribution in [0.15, 0.2) is 29.3 Å². The van der Waals surface area contributed by atoms with Crippen LogP contribution >= 0.6 is 0 Å². The molecule has 1 atom stereocenters. The predicted molar refractivity (Wildman–Crippen MR) is 77.3 cm³/mol. The van der Waals surface area contributed by atoms with Gasteiger partial charge in [0.2, 0.25) is 10.0 Å². The molecule has 1 aromatic heterocycles. The van der Waals surface area contributed by atoms with Crippen LogP contribution in [0.3, 0.4) is 0 Å². The Labute approximate surface area is 118 Å². The Hall–Kier alpha value is -1.40. The van der Waals surface area contributed by atoms with E-state index in [9.17, 15) is 12.8 Å². The second kappa shape index (κ2) is 5.54. The van der Waals surface area contributed by atoms with Gasteiger partial charge < -0.3 is 4.57 Å². The first-order valence-corrected chi connectivity index (χ1v) is 8.19. The highest BCUT2D eigenvalue weighted by molar-refractivity contribution is 7.89. The van der Waals surface area contributed by atoms with Crippen LogP contribution < -0.4 is 5.14 Å². The van der Waals surface area contributed by atoms with Crippen LogP contribution in [0.25, 0.3) is 10.9 Å². The minimum atomic E-state index is -3.94. The van der Waals surface area contributed by atoms with Crippen molar-refractivity contribution in [2.75, 3.05) is 0 Å². The standard InChI is InChI=1S/C14H19FN2O2S/c1-3-5-10(2)8-17-9-13(20(16,18)19)14-11(15)6-4-7-12(14)17/h4,6-7,9-10H,3,5,8H2,1-2H3,(H2,16,18,19). The zero-order valence-electron chi connectivity index (χ0n) is 11.6. The quantitative estimate of drug-likeness (QED) is 0.922. The van der Waals surface area contributed by atoms with Crippen LogP contribution in [0.2, 0.25) is 0 Å². The molecule has 1 heterocycles. The number of primary sulfonamides is 1. The van der Waals surface area contributed by atoms with Gasteiger partial charge in [-0.15, -0.1) is 0 Å². The summed E-state index contributed by atoms with van der Waals surface area (Å²) in [6.07, 6.45) is 3.52. The fourth-order valence-corrected chi connectivity index (χ4v) is 3.32. The third-order valence-corrected chi connectivity index (χ3v) is 4.34. The fraction of sp³-hybridized carbons (Fsp3) is 0.429. The number of hydrogen-bond acceptors (Lipinski definition) is 2. The molecule has 2 N–H and O–H groups in total. The van der Waals surface area contributed by atoms with Crippen molar-refractivity contribution in [3.8, 4) is 0 Å². The van der Waals surface area contributed by atoms with Crippen molar-refractivity contribution in [1.82, 2.24) is 4.57 Å². The molecule has 1 unspecified atom stereocenters. The largest absolute Gasteiger partial charge is 0.346 e. The van der Waals surface area contributed by atoms with Gasteiger partial charge in [0.05, 0.1) is 10.9 Å². The van der Waals surface area contributed by atoms with Crippen molar-refractivity contribution >= 4 is 20.9 Å². The molecule has 0 bridgehead atoms. The zero-order valence-corrected chi connectivity index (χ0v) is 12.5. The molecular weight excluding hydrogens is 279 g/mol. The van der Waals surface area contributed by atoms with Gasteiger partial charge in [0.15, 0.2) is 0 Å². The molecule has 2 rings (SSSR count). The number of benzene rings is 1. The lowest BCUT2D eigenvalue weighted by molar-refractivity contribution is 0.452. The van der Waals surface area contributed by atoms with Crippen LogP contribution in [0.4, 0.5) is 4.39 Å². The summed E-state index contributed by atoms with van der Waals surface area (Å²) >= 11 is 0. The topological polar surface area (TPSA) is 65.1 Å². The van der Waals surface area contributed by atoms with Crippen LogP contribution in [0.5, 0.6) is 0 Å². The average molecular weight is 298 g/mol. The summed E-state index contributed by atoms with van der Waals surface area (Å²) in [4.78, 5) is -0.144. The van der Waals surface area contributed by atoms with E-state index in [0.717, 1.165) is 12.8 Å². The van der Waals surface area contributed by atoms with E-state index in [1.54, 1.807) is 16.7 Å². The molecule has 0 aliphatic heterocycles. The van der Waals surface area contributed by atoms with Crippen LogP contribution in [0, 0.1) is 11.7 Å². The molecule has 0 saturated carbocycles. The van der Waals surface area contributed by atoms with Crippen molar-refractivity contribution in [2.24, 2.45) is 11.1 Å². The molecule has 1 aromatic carbocycles. The van der Waals surface area contributed by atoms with E-state index in [-0.39, 0.29) is 10.3 Å². The molecule has 0 aliphatic rings. The Morgan fingerprint density at radius 3 is 2.70 bits per heavy atom. The number of hydrogen-bond donors (Lipinski definition) is 1. The number of nitrogens with two attached hydrogens (primary N) is 1. The van der Waals surface area contributed by atoms with E-state index in [4.69, 9.17) is 5.14 Å². The molecule has 20 heavy (non-hydrogen) atoms. The first-order valence-electron chi connectivity index (χ1n) is 6.64. The van der Waals surface area contributed by atoms with Crippen molar-refractivity contribution < 1.29 is 12.8 Å². The molecule has 110 valence electrons. The Kier molecular flexibility index (Phi) is 4.15. The van der Waals surface area contributed by atoms with Crippen molar-refractivity contribution in [2.45, 2.75) is 38.1 Å². The lowest BCUT2D eigenvalue weighted by Gasteiger charge is -2.12. The number of sulfonamides is 1. The lowest BCUT2D eigenvalue weighted by Crippen LogP contribution is -2.12. The highest BCUT2D eigenvalue weighted by Crippen LogP contribution is 2.28. The number of nitrogens with zero attached hydrogens (tertiary/aromatic N) is 1. The van der Waals surface area contributed by atoms with Crippen LogP contribution in [-0.4, -0.2) is 13.0 Å². The van der Waals surface area contributed by atoms with Gasteiger partial charge in [-0.2, -0.15) is 0 Å². The van der Waals surface area contributed by atoms with E-state index < -0.39 is 15.8 Å². The monoisotopic (exact) mass is 298 g/mol. The number of fused-ring (bicyclic) bond motifs is 1. The first-order chi connectivity index (χ1) is 9.34. The Morgan fingerprint density at radius 2 is 2.10 bits per heavy atom. The highest BCUT2D eigenvalue weighted by atomic mass is 32.2. The second-order valence-corrected chi connectivity index (χ2v) is 6.75. The van der Waals surface area contributed by atoms with Gasteiger partial charge in [0.1, 0.15) is 10.7 Å². The fourth-order valence-electron chi connectivity index (χ4n) is 2.56. The molecule has 0 saturated heterocycles. The summed E-state index contributed by atoms with van der Waals surface area (Å²) in [5, 5.41) is 5.27. The maximum Gasteiger partial charge on any atom is 0.240 e. The van der Waals surface area contributed by atoms with E-state index in [0.29, 0.717) is 18.0 Å². The average Bonchev–Trinajstić information content (AvgIpc) is 2.70. The summed E-state index contributed by atoms with van der Waals surface area (Å²) in [6.45, 7) is 4.83. The van der Waals surface area contributed by atoms with Crippen LogP contribution in [0.1, 0.15) is 26.7 Å². The molecule has 6 heteroatoms. The number of aromatic nitrogens is 1. The molecule has 0 fully saturated rings. The summed E-state index contributed by atoms with van der Waals surface area (Å²) < 4.78 is 39.0. The van der Waals surface area contributed by atoms with Crippen LogP contribution in [-0.2, 0) is 16.6 Å². The molecule has 2 aromatic rings.